The van der Waals surface area contributed by atoms with Crippen LogP contribution in [0.3, 0.4) is 0 Å². The molecule has 3 aliphatic heterocycles. The van der Waals surface area contributed by atoms with E-state index in [9.17, 15) is 8.42 Å². The van der Waals surface area contributed by atoms with Crippen LogP contribution in [0.2, 0.25) is 0 Å². The van der Waals surface area contributed by atoms with Gasteiger partial charge in [-0.15, -0.1) is 8.28 Å². The van der Waals surface area contributed by atoms with Crippen LogP contribution in [0.5, 0.6) is 0 Å². The summed E-state index contributed by atoms with van der Waals surface area (Å²) in [5, 5.41) is 0. The maximum atomic E-state index is 13.2. The zero-order valence-corrected chi connectivity index (χ0v) is 16.2. The average Bonchev–Trinajstić information content (AvgIpc) is 2.47. The molecule has 2 saturated heterocycles. The lowest BCUT2D eigenvalue weighted by atomic mass is 10.2. The lowest BCUT2D eigenvalue weighted by Gasteiger charge is -2.32. The van der Waals surface area contributed by atoms with Gasteiger partial charge < -0.3 is 0 Å². The van der Waals surface area contributed by atoms with Gasteiger partial charge in [-0.1, -0.05) is 16.6 Å². The Kier molecular flexibility index (Phi) is 5.16. The summed E-state index contributed by atoms with van der Waals surface area (Å²) in [6.45, 7) is 2.43. The molecule has 2 atom stereocenters. The fraction of sp³-hybridized carbons (Fsp3) is 1.00. The predicted molar refractivity (Wildman–Crippen MR) is 93.0 cm³/mol. The van der Waals surface area contributed by atoms with Crippen molar-refractivity contribution < 1.29 is 8.42 Å². The Balaban J connectivity index is 2.07. The maximum Gasteiger partial charge on any atom is 0.274 e. The van der Waals surface area contributed by atoms with Gasteiger partial charge in [0.2, 0.25) is 20.2 Å². The van der Waals surface area contributed by atoms with Crippen molar-refractivity contribution in [2.45, 2.75) is 38.5 Å². The third-order valence-electron chi connectivity index (χ3n) is 3.91. The molecule has 22 heavy (non-hydrogen) atoms. The largest absolute Gasteiger partial charge is 0.274 e. The molecule has 0 bridgehead atoms. The number of rotatable bonds is 2. The minimum Gasteiger partial charge on any atom is -0.208 e. The molecule has 0 aromatic carbocycles. The van der Waals surface area contributed by atoms with E-state index in [1.165, 1.54) is 0 Å². The molecule has 0 aliphatic carbocycles. The highest BCUT2D eigenvalue weighted by Crippen LogP contribution is 2.65. The van der Waals surface area contributed by atoms with Gasteiger partial charge in [0, 0.05) is 26.2 Å². The first kappa shape index (κ1) is 17.5. The highest BCUT2D eigenvalue weighted by Gasteiger charge is 2.36. The molecule has 12 heteroatoms. The Bertz CT molecular complexity index is 693. The van der Waals surface area contributed by atoms with Crippen LogP contribution in [0.1, 0.15) is 38.5 Å². The van der Waals surface area contributed by atoms with Crippen molar-refractivity contribution in [2.24, 2.45) is 12.1 Å². The smallest absolute Gasteiger partial charge is 0.208 e. The highest BCUT2D eigenvalue weighted by molar-refractivity contribution is 8.19. The zero-order chi connectivity index (χ0) is 15.8. The van der Waals surface area contributed by atoms with Crippen LogP contribution in [0.15, 0.2) is 12.1 Å². The Morgan fingerprint density at radius 2 is 1.23 bits per heavy atom. The van der Waals surface area contributed by atoms with Crippen molar-refractivity contribution in [3.05, 3.63) is 0 Å². The van der Waals surface area contributed by atoms with Gasteiger partial charge in [0.05, 0.1) is 0 Å². The summed E-state index contributed by atoms with van der Waals surface area (Å²) < 4.78 is 41.9. The Morgan fingerprint density at radius 1 is 0.773 bits per heavy atom. The topological polar surface area (TPSA) is 77.7 Å². The normalized spacial score (nSPS) is 40.3. The summed E-state index contributed by atoms with van der Waals surface area (Å²) in [6.07, 6.45) is 5.83. The average molecular weight is 408 g/mol. The summed E-state index contributed by atoms with van der Waals surface area (Å²) in [7, 11) is -6.40. The molecular weight excluding hydrogens is 388 g/mol. The first-order valence-corrected chi connectivity index (χ1v) is 13.8. The summed E-state index contributed by atoms with van der Waals surface area (Å²) in [5.41, 5.74) is 0. The molecule has 2 unspecified atom stereocenters. The monoisotopic (exact) mass is 407 g/mol. The lowest BCUT2D eigenvalue weighted by Crippen LogP contribution is -2.39. The molecule has 0 aromatic rings. The predicted octanol–water partition coefficient (Wildman–Crippen LogP) is 3.99. The van der Waals surface area contributed by atoms with Gasteiger partial charge in [-0.25, -0.2) is 8.42 Å². The minimum atomic E-state index is -3.25. The molecule has 0 saturated carbocycles. The second-order valence-electron chi connectivity index (χ2n) is 5.61. The molecule has 128 valence electrons. The van der Waals surface area contributed by atoms with Gasteiger partial charge in [-0.2, -0.15) is 8.61 Å². The molecule has 0 aromatic heterocycles. The lowest BCUT2D eigenvalue weighted by molar-refractivity contribution is 0.357. The van der Waals surface area contributed by atoms with Crippen molar-refractivity contribution in [2.75, 3.05) is 26.2 Å². The van der Waals surface area contributed by atoms with Gasteiger partial charge in [-0.05, 0) is 48.2 Å². The van der Waals surface area contributed by atoms with Gasteiger partial charge in [0.25, 0.3) is 5.91 Å². The molecule has 3 rings (SSSR count). The molecule has 0 N–H and O–H groups in total. The van der Waals surface area contributed by atoms with Crippen LogP contribution in [0.25, 0.3) is 0 Å². The van der Waals surface area contributed by atoms with Crippen molar-refractivity contribution in [3.8, 4) is 0 Å². The molecular formula is C10H20Cl2N5O2PS2. The summed E-state index contributed by atoms with van der Waals surface area (Å²) in [6, 6.07) is 0. The first-order valence-electron chi connectivity index (χ1n) is 7.43. The molecule has 3 aliphatic rings. The number of piperidine rings is 2. The van der Waals surface area contributed by atoms with E-state index < -0.39 is 26.1 Å². The van der Waals surface area contributed by atoms with Gasteiger partial charge in [-0.3, -0.25) is 0 Å². The Hall–Kier alpha value is 0.630. The molecule has 0 radical (unpaired) electrons. The molecule has 3 heterocycles. The number of hydrogen-bond acceptors (Lipinski definition) is 3. The SMILES string of the molecule is O=S1(N2CCCCC2)=NP(Cl)(Cl)=NS(=O)(N2CCCCC2)=N1. The fourth-order valence-electron chi connectivity index (χ4n) is 2.83. The minimum absolute atomic E-state index is 0.606. The standard InChI is InChI=1S/C10H20Cl2N5O2PS2/c11-20(12)13-21(18,16-7-3-1-4-8-16)15-22(19,14-20)17-9-5-2-6-10-17/h1-10H2. The first-order chi connectivity index (χ1) is 10.3. The number of halogens is 2. The van der Waals surface area contributed by atoms with E-state index in [0.29, 0.717) is 26.2 Å². The second-order valence-corrected chi connectivity index (χ2v) is 14.7. The van der Waals surface area contributed by atoms with E-state index >= 15 is 0 Å². The maximum absolute atomic E-state index is 13.2. The highest BCUT2D eigenvalue weighted by atomic mass is 35.9. The van der Waals surface area contributed by atoms with Crippen LogP contribution in [-0.4, -0.2) is 43.2 Å². The molecule has 0 amide bonds. The zero-order valence-electron chi connectivity index (χ0n) is 12.1. The quantitative estimate of drug-likeness (QED) is 0.648. The third kappa shape index (κ3) is 3.66. The number of nitrogens with zero attached hydrogens (tertiary/aromatic N) is 5. The van der Waals surface area contributed by atoms with Crippen LogP contribution in [0.4, 0.5) is 0 Å². The van der Waals surface area contributed by atoms with E-state index in [-0.39, 0.29) is 0 Å². The van der Waals surface area contributed by atoms with E-state index in [4.69, 9.17) is 22.5 Å². The fourth-order valence-corrected chi connectivity index (χ4v) is 13.0. The Labute approximate surface area is 142 Å². The Morgan fingerprint density at radius 3 is 1.73 bits per heavy atom. The summed E-state index contributed by atoms with van der Waals surface area (Å²) in [5.74, 6) is -3.25. The van der Waals surface area contributed by atoms with E-state index in [0.717, 1.165) is 38.5 Å². The van der Waals surface area contributed by atoms with Crippen molar-refractivity contribution >= 4 is 48.6 Å². The summed E-state index contributed by atoms with van der Waals surface area (Å²) in [4.78, 5) is 0. The van der Waals surface area contributed by atoms with Crippen molar-refractivity contribution in [3.63, 3.8) is 0 Å². The van der Waals surface area contributed by atoms with E-state index in [1.54, 1.807) is 8.61 Å². The summed E-state index contributed by atoms with van der Waals surface area (Å²) >= 11 is 12.3. The van der Waals surface area contributed by atoms with E-state index in [1.807, 2.05) is 0 Å². The van der Waals surface area contributed by atoms with E-state index in [2.05, 4.69) is 12.1 Å². The van der Waals surface area contributed by atoms with Gasteiger partial charge >= 0.3 is 0 Å². The third-order valence-corrected chi connectivity index (χ3v) is 13.0. The number of hydrogen-bond donors (Lipinski definition) is 0. The van der Waals surface area contributed by atoms with Crippen LogP contribution < -0.4 is 0 Å². The molecule has 2 fully saturated rings. The van der Waals surface area contributed by atoms with Gasteiger partial charge in [0.1, 0.15) is 0 Å². The second kappa shape index (κ2) is 6.50. The van der Waals surface area contributed by atoms with Crippen LogP contribution in [0, 0.1) is 0 Å². The van der Waals surface area contributed by atoms with Crippen LogP contribution >= 0.6 is 28.4 Å². The van der Waals surface area contributed by atoms with Crippen molar-refractivity contribution in [1.82, 2.24) is 8.61 Å². The van der Waals surface area contributed by atoms with Gasteiger partial charge in [0.15, 0.2) is 0 Å². The van der Waals surface area contributed by atoms with Crippen LogP contribution in [-0.2, 0) is 20.2 Å². The molecule has 0 spiro atoms. The molecule has 7 nitrogen and oxygen atoms in total. The van der Waals surface area contributed by atoms with Crippen molar-refractivity contribution in [1.29, 1.82) is 0 Å².